The average Bonchev–Trinajstić information content (AvgIpc) is 3.03. The highest BCUT2D eigenvalue weighted by Crippen LogP contribution is 2.40. The molecular formula is C24H27FINO2. The second-order valence-corrected chi connectivity index (χ2v) is 8.81. The highest BCUT2D eigenvalue weighted by Gasteiger charge is 2.26. The van der Waals surface area contributed by atoms with Crippen molar-refractivity contribution in [2.45, 2.75) is 45.4 Å². The number of aromatic nitrogens is 1. The molecule has 1 saturated heterocycles. The van der Waals surface area contributed by atoms with Crippen LogP contribution in [0.1, 0.15) is 49.8 Å². The SMILES string of the molecule is CCCCOc1ccc2c(c1)c(I)c(C1CCOCC1)n2-c1ccc(F)c(C)c1. The minimum atomic E-state index is -0.167. The Morgan fingerprint density at radius 3 is 2.69 bits per heavy atom. The van der Waals surface area contributed by atoms with Crippen molar-refractivity contribution in [1.82, 2.24) is 4.57 Å². The molecule has 3 aromatic rings. The molecule has 0 unspecified atom stereocenters. The molecular weight excluding hydrogens is 480 g/mol. The van der Waals surface area contributed by atoms with Gasteiger partial charge in [-0.15, -0.1) is 0 Å². The molecule has 154 valence electrons. The maximum atomic E-state index is 13.9. The van der Waals surface area contributed by atoms with E-state index in [1.807, 2.05) is 19.1 Å². The first-order valence-corrected chi connectivity index (χ1v) is 11.5. The number of hydrogen-bond acceptors (Lipinski definition) is 2. The first-order valence-electron chi connectivity index (χ1n) is 10.4. The van der Waals surface area contributed by atoms with E-state index in [-0.39, 0.29) is 5.82 Å². The van der Waals surface area contributed by atoms with Crippen molar-refractivity contribution in [3.63, 3.8) is 0 Å². The molecule has 0 bridgehead atoms. The van der Waals surface area contributed by atoms with E-state index in [4.69, 9.17) is 9.47 Å². The lowest BCUT2D eigenvalue weighted by Crippen LogP contribution is -2.17. The van der Waals surface area contributed by atoms with E-state index in [9.17, 15) is 4.39 Å². The number of nitrogens with zero attached hydrogens (tertiary/aromatic N) is 1. The Labute approximate surface area is 185 Å². The number of benzene rings is 2. The number of aryl methyl sites for hydroxylation is 1. The summed E-state index contributed by atoms with van der Waals surface area (Å²) < 4.78 is 29.1. The van der Waals surface area contributed by atoms with E-state index in [1.54, 1.807) is 6.07 Å². The summed E-state index contributed by atoms with van der Waals surface area (Å²) in [6.07, 6.45) is 4.19. The number of rotatable bonds is 6. The van der Waals surface area contributed by atoms with E-state index >= 15 is 0 Å². The van der Waals surface area contributed by atoms with Gasteiger partial charge in [0.1, 0.15) is 11.6 Å². The van der Waals surface area contributed by atoms with Gasteiger partial charge in [-0.05, 0) is 90.7 Å². The molecule has 0 amide bonds. The van der Waals surface area contributed by atoms with Crippen molar-refractivity contribution in [3.05, 3.63) is 57.0 Å². The smallest absolute Gasteiger partial charge is 0.126 e. The first kappa shape index (κ1) is 20.7. The van der Waals surface area contributed by atoms with E-state index in [1.165, 1.54) is 14.7 Å². The normalized spacial score (nSPS) is 15.2. The molecule has 0 atom stereocenters. The van der Waals surface area contributed by atoms with Gasteiger partial charge in [-0.2, -0.15) is 0 Å². The number of hydrogen-bond donors (Lipinski definition) is 0. The lowest BCUT2D eigenvalue weighted by Gasteiger charge is -2.25. The van der Waals surface area contributed by atoms with Gasteiger partial charge in [0.05, 0.1) is 12.1 Å². The van der Waals surface area contributed by atoms with Gasteiger partial charge in [0.2, 0.25) is 0 Å². The highest BCUT2D eigenvalue weighted by molar-refractivity contribution is 14.1. The van der Waals surface area contributed by atoms with Crippen molar-refractivity contribution in [1.29, 1.82) is 0 Å². The third kappa shape index (κ3) is 4.17. The van der Waals surface area contributed by atoms with Crippen molar-refractivity contribution < 1.29 is 13.9 Å². The minimum absolute atomic E-state index is 0.167. The summed E-state index contributed by atoms with van der Waals surface area (Å²) in [6, 6.07) is 11.7. The Morgan fingerprint density at radius 1 is 1.17 bits per heavy atom. The van der Waals surface area contributed by atoms with Crippen molar-refractivity contribution in [2.75, 3.05) is 19.8 Å². The molecule has 5 heteroatoms. The van der Waals surface area contributed by atoms with Gasteiger partial charge >= 0.3 is 0 Å². The Balaban J connectivity index is 1.87. The van der Waals surface area contributed by atoms with Crippen LogP contribution < -0.4 is 4.74 Å². The fraction of sp³-hybridized carbons (Fsp3) is 0.417. The second-order valence-electron chi connectivity index (χ2n) is 7.74. The zero-order chi connectivity index (χ0) is 20.4. The molecule has 1 fully saturated rings. The van der Waals surface area contributed by atoms with Crippen LogP contribution in [0.3, 0.4) is 0 Å². The van der Waals surface area contributed by atoms with Gasteiger partial charge in [-0.1, -0.05) is 13.3 Å². The van der Waals surface area contributed by atoms with Crippen LogP contribution in [0.4, 0.5) is 4.39 Å². The van der Waals surface area contributed by atoms with Crippen LogP contribution in [-0.2, 0) is 4.74 Å². The van der Waals surface area contributed by atoms with E-state index in [2.05, 4.69) is 52.3 Å². The van der Waals surface area contributed by atoms with Gasteiger partial charge in [0, 0.05) is 39.5 Å². The summed E-state index contributed by atoms with van der Waals surface area (Å²) in [6.45, 7) is 6.30. The van der Waals surface area contributed by atoms with Crippen LogP contribution in [0, 0.1) is 16.3 Å². The summed E-state index contributed by atoms with van der Waals surface area (Å²) in [5.41, 5.74) is 4.13. The van der Waals surface area contributed by atoms with Gasteiger partial charge in [0.25, 0.3) is 0 Å². The van der Waals surface area contributed by atoms with Crippen LogP contribution in [-0.4, -0.2) is 24.4 Å². The third-order valence-electron chi connectivity index (χ3n) is 5.69. The van der Waals surface area contributed by atoms with Crippen molar-refractivity contribution >= 4 is 33.5 Å². The molecule has 4 rings (SSSR count). The molecule has 2 heterocycles. The van der Waals surface area contributed by atoms with Gasteiger partial charge in [-0.25, -0.2) is 4.39 Å². The Bertz CT molecular complexity index is 1010. The fourth-order valence-electron chi connectivity index (χ4n) is 4.05. The summed E-state index contributed by atoms with van der Waals surface area (Å²) >= 11 is 2.47. The molecule has 0 radical (unpaired) electrons. The maximum Gasteiger partial charge on any atom is 0.126 e. The molecule has 0 N–H and O–H groups in total. The van der Waals surface area contributed by atoms with Crippen LogP contribution in [0.2, 0.25) is 0 Å². The van der Waals surface area contributed by atoms with E-state index < -0.39 is 0 Å². The van der Waals surface area contributed by atoms with Crippen LogP contribution in [0.25, 0.3) is 16.6 Å². The number of halogens is 2. The van der Waals surface area contributed by atoms with Gasteiger partial charge in [-0.3, -0.25) is 0 Å². The predicted molar refractivity (Wildman–Crippen MR) is 124 cm³/mol. The Hall–Kier alpha value is -1.60. The highest BCUT2D eigenvalue weighted by atomic mass is 127. The van der Waals surface area contributed by atoms with E-state index in [0.29, 0.717) is 11.5 Å². The summed E-state index contributed by atoms with van der Waals surface area (Å²) in [5, 5.41) is 1.20. The van der Waals surface area contributed by atoms with Crippen molar-refractivity contribution in [3.8, 4) is 11.4 Å². The molecule has 0 spiro atoms. The number of fused-ring (bicyclic) bond motifs is 1. The standard InChI is InChI=1S/C24H27FINO2/c1-3-4-11-29-19-6-8-22-20(15-19)23(26)24(17-9-12-28-13-10-17)27(22)18-5-7-21(25)16(2)14-18/h5-8,14-15,17H,3-4,9-13H2,1-2H3. The van der Waals surface area contributed by atoms with Crippen molar-refractivity contribution in [2.24, 2.45) is 0 Å². The molecule has 1 aliphatic heterocycles. The summed E-state index contributed by atoms with van der Waals surface area (Å²) in [4.78, 5) is 0. The molecule has 0 saturated carbocycles. The number of ether oxygens (including phenoxy) is 2. The predicted octanol–water partition coefficient (Wildman–Crippen LogP) is 6.76. The average molecular weight is 507 g/mol. The molecule has 29 heavy (non-hydrogen) atoms. The van der Waals surface area contributed by atoms with Gasteiger partial charge < -0.3 is 14.0 Å². The maximum absolute atomic E-state index is 13.9. The largest absolute Gasteiger partial charge is 0.494 e. The number of unbranched alkanes of at least 4 members (excludes halogenated alkanes) is 1. The van der Waals surface area contributed by atoms with Crippen LogP contribution >= 0.6 is 22.6 Å². The monoisotopic (exact) mass is 507 g/mol. The molecule has 0 aliphatic carbocycles. The Morgan fingerprint density at radius 2 is 1.97 bits per heavy atom. The molecule has 1 aliphatic rings. The zero-order valence-electron chi connectivity index (χ0n) is 17.0. The third-order valence-corrected chi connectivity index (χ3v) is 6.82. The minimum Gasteiger partial charge on any atom is -0.494 e. The van der Waals surface area contributed by atoms with Crippen LogP contribution in [0.5, 0.6) is 5.75 Å². The van der Waals surface area contributed by atoms with Gasteiger partial charge in [0.15, 0.2) is 0 Å². The second kappa shape index (κ2) is 9.04. The first-order chi connectivity index (χ1) is 14.1. The molecule has 1 aromatic heterocycles. The lowest BCUT2D eigenvalue weighted by molar-refractivity contribution is 0.0841. The topological polar surface area (TPSA) is 23.4 Å². The van der Waals surface area contributed by atoms with E-state index in [0.717, 1.165) is 62.5 Å². The van der Waals surface area contributed by atoms with Crippen LogP contribution in [0.15, 0.2) is 36.4 Å². The molecule has 3 nitrogen and oxygen atoms in total. The zero-order valence-corrected chi connectivity index (χ0v) is 19.2. The summed E-state index contributed by atoms with van der Waals surface area (Å²) in [7, 11) is 0. The fourth-order valence-corrected chi connectivity index (χ4v) is 5.17. The quantitative estimate of drug-likeness (QED) is 0.272. The molecule has 2 aromatic carbocycles. The summed E-state index contributed by atoms with van der Waals surface area (Å²) in [5.74, 6) is 1.17. The Kier molecular flexibility index (Phi) is 6.44. The lowest BCUT2D eigenvalue weighted by atomic mass is 9.96.